The van der Waals surface area contributed by atoms with Gasteiger partial charge in [-0.3, -0.25) is 0 Å². The van der Waals surface area contributed by atoms with Crippen LogP contribution < -0.4 is 9.80 Å². The van der Waals surface area contributed by atoms with Crippen LogP contribution in [-0.4, -0.2) is 8.80 Å². The van der Waals surface area contributed by atoms with Crippen LogP contribution in [0, 0.1) is 0 Å². The van der Waals surface area contributed by atoms with Crippen LogP contribution >= 0.6 is 0 Å². The molecule has 0 saturated heterocycles. The number of aromatic nitrogens is 2. The molecule has 4 heterocycles. The minimum absolute atomic E-state index is 0.0363. The Morgan fingerprint density at radius 2 is 0.686 bits per heavy atom. The first kappa shape index (κ1) is 30.1. The van der Waals surface area contributed by atoms with Crippen molar-refractivity contribution >= 4 is 110 Å². The molecule has 0 fully saturated rings. The van der Waals surface area contributed by atoms with Crippen molar-refractivity contribution in [3.8, 4) is 22.3 Å². The summed E-state index contributed by atoms with van der Waals surface area (Å²) in [4.78, 5) is 3.70. The molecule has 0 aliphatic rings. The number of para-hydroxylation sites is 6. The Kier molecular flexibility index (Phi) is 6.48. The molecule has 326 valence electrons. The molecule has 0 radical (unpaired) electrons. The molecule has 0 bridgehead atoms. The van der Waals surface area contributed by atoms with E-state index in [1.807, 2.05) is 155 Å². The summed E-state index contributed by atoms with van der Waals surface area (Å²) in [6.07, 6.45) is 0. The maximum Gasteiger partial charge on any atom is 0.0645 e. The van der Waals surface area contributed by atoms with E-state index in [0.717, 1.165) is 98.4 Å². The van der Waals surface area contributed by atoms with Crippen LogP contribution in [-0.2, 0) is 0 Å². The lowest BCUT2D eigenvalue weighted by Crippen LogP contribution is -2.11. The number of hydrogen-bond donors (Lipinski definition) is 0. The standard InChI is InChI=1S/C66H42N4/c1-5-21-43(22-6-1)47-29-13-17-33-55(47)67(45-25-9-3-10-26-45)59-39-37-49-53-41-62-54(42-61(53)69-57-35-19-15-31-51(57)63(59)65(49)69)50-38-40-60(64-52-32-16-20-36-58(52)70(62)66(50)64)68(46-27-11-4-12-28-46)56-34-18-14-30-48(56)44-23-7-2-8-24-44/h1-42H/i3D,4D,9D,10D,11D,12D,25D,26D,27D,28D. The van der Waals surface area contributed by atoms with Gasteiger partial charge < -0.3 is 18.6 Å². The van der Waals surface area contributed by atoms with Crippen LogP contribution in [0.1, 0.15) is 13.7 Å². The molecule has 0 amide bonds. The maximum absolute atomic E-state index is 9.45. The lowest BCUT2D eigenvalue weighted by atomic mass is 9.99. The van der Waals surface area contributed by atoms with E-state index in [0.29, 0.717) is 22.7 Å². The van der Waals surface area contributed by atoms with Crippen LogP contribution in [0.2, 0.25) is 0 Å². The Hall–Kier alpha value is -9.38. The highest BCUT2D eigenvalue weighted by Crippen LogP contribution is 2.52. The van der Waals surface area contributed by atoms with Gasteiger partial charge >= 0.3 is 0 Å². The topological polar surface area (TPSA) is 15.3 Å². The third-order valence-electron chi connectivity index (χ3n) is 14.1. The highest BCUT2D eigenvalue weighted by atomic mass is 15.2. The summed E-state index contributed by atoms with van der Waals surface area (Å²) in [5, 5.41) is 7.44. The second-order valence-corrected chi connectivity index (χ2v) is 17.7. The highest BCUT2D eigenvalue weighted by Gasteiger charge is 2.29. The number of fused-ring (bicyclic) bond motifs is 12. The monoisotopic (exact) mass is 900 g/mol. The van der Waals surface area contributed by atoms with Gasteiger partial charge in [-0.2, -0.15) is 0 Å². The Balaban J connectivity index is 1.04. The molecular weight excluding hydrogens is 849 g/mol. The van der Waals surface area contributed by atoms with Crippen LogP contribution in [0.5, 0.6) is 0 Å². The zero-order valence-corrected chi connectivity index (χ0v) is 37.3. The number of benzene rings is 11. The first-order valence-corrected chi connectivity index (χ1v) is 23.3. The van der Waals surface area contributed by atoms with Gasteiger partial charge in [0.25, 0.3) is 0 Å². The van der Waals surface area contributed by atoms with Crippen molar-refractivity contribution in [3.63, 3.8) is 0 Å². The van der Waals surface area contributed by atoms with E-state index in [1.165, 1.54) is 0 Å². The minimum atomic E-state index is -0.469. The van der Waals surface area contributed by atoms with E-state index in [2.05, 4.69) is 57.3 Å². The van der Waals surface area contributed by atoms with Crippen LogP contribution in [0.15, 0.2) is 255 Å². The summed E-state index contributed by atoms with van der Waals surface area (Å²) in [5.41, 5.74) is 11.7. The average molecular weight is 901 g/mol. The lowest BCUT2D eigenvalue weighted by molar-refractivity contribution is 1.30. The Bertz CT molecular complexity index is 4720. The van der Waals surface area contributed by atoms with Gasteiger partial charge in [0.1, 0.15) is 0 Å². The van der Waals surface area contributed by atoms with Crippen LogP contribution in [0.25, 0.3) is 98.4 Å². The van der Waals surface area contributed by atoms with E-state index in [-0.39, 0.29) is 35.5 Å². The number of hydrogen-bond acceptors (Lipinski definition) is 2. The molecule has 4 heteroatoms. The predicted octanol–water partition coefficient (Wildman–Crippen LogP) is 18.3. The average Bonchev–Trinajstić information content (AvgIpc) is 4.23. The molecule has 70 heavy (non-hydrogen) atoms. The van der Waals surface area contributed by atoms with Crippen molar-refractivity contribution in [2.75, 3.05) is 9.80 Å². The molecule has 4 nitrogen and oxygen atoms in total. The third-order valence-corrected chi connectivity index (χ3v) is 14.1. The fraction of sp³-hybridized carbons (Fsp3) is 0. The molecule has 0 N–H and O–H groups in total. The van der Waals surface area contributed by atoms with Crippen molar-refractivity contribution in [1.29, 1.82) is 0 Å². The lowest BCUT2D eigenvalue weighted by Gasteiger charge is -2.28. The van der Waals surface area contributed by atoms with Crippen molar-refractivity contribution in [2.24, 2.45) is 0 Å². The molecule has 0 saturated carbocycles. The summed E-state index contributed by atoms with van der Waals surface area (Å²) in [7, 11) is 0. The molecule has 0 spiro atoms. The summed E-state index contributed by atoms with van der Waals surface area (Å²) < 4.78 is 95.2. The van der Waals surface area contributed by atoms with E-state index in [4.69, 9.17) is 8.22 Å². The molecule has 15 rings (SSSR count). The number of nitrogens with zero attached hydrogens (tertiary/aromatic N) is 4. The zero-order valence-electron chi connectivity index (χ0n) is 47.3. The Morgan fingerprint density at radius 3 is 1.13 bits per heavy atom. The van der Waals surface area contributed by atoms with Crippen LogP contribution in [0.3, 0.4) is 0 Å². The zero-order chi connectivity index (χ0) is 54.6. The second-order valence-electron chi connectivity index (χ2n) is 17.7. The van der Waals surface area contributed by atoms with Gasteiger partial charge in [-0.15, -0.1) is 0 Å². The molecule has 4 aromatic heterocycles. The van der Waals surface area contributed by atoms with E-state index in [1.54, 1.807) is 0 Å². The third kappa shape index (κ3) is 5.47. The molecule has 0 aliphatic heterocycles. The number of anilines is 6. The fourth-order valence-corrected chi connectivity index (χ4v) is 11.4. The normalized spacial score (nSPS) is 14.0. The van der Waals surface area contributed by atoms with Crippen molar-refractivity contribution < 1.29 is 13.7 Å². The van der Waals surface area contributed by atoms with Crippen molar-refractivity contribution in [2.45, 2.75) is 0 Å². The first-order chi connectivity index (χ1) is 38.9. The molecule has 15 aromatic rings. The molecule has 0 unspecified atom stereocenters. The van der Waals surface area contributed by atoms with Gasteiger partial charge in [0.15, 0.2) is 0 Å². The maximum atomic E-state index is 9.45. The summed E-state index contributed by atoms with van der Waals surface area (Å²) in [6, 6.07) is 60.6. The Labute approximate surface area is 418 Å². The molecule has 0 atom stereocenters. The largest absolute Gasteiger partial charge is 0.309 e. The van der Waals surface area contributed by atoms with Gasteiger partial charge in [0.2, 0.25) is 0 Å². The fourth-order valence-electron chi connectivity index (χ4n) is 11.4. The minimum Gasteiger partial charge on any atom is -0.309 e. The quantitative estimate of drug-likeness (QED) is 0.151. The van der Waals surface area contributed by atoms with Gasteiger partial charge in [0, 0.05) is 65.6 Å². The predicted molar refractivity (Wildman–Crippen MR) is 296 cm³/mol. The van der Waals surface area contributed by atoms with E-state index >= 15 is 0 Å². The number of rotatable bonds is 8. The molecule has 0 aliphatic carbocycles. The highest BCUT2D eigenvalue weighted by molar-refractivity contribution is 6.32. The van der Waals surface area contributed by atoms with Crippen molar-refractivity contribution in [3.05, 3.63) is 255 Å². The second kappa shape index (κ2) is 15.1. The molecule has 11 aromatic carbocycles. The van der Waals surface area contributed by atoms with Gasteiger partial charge in [-0.1, -0.05) is 182 Å². The Morgan fingerprint density at radius 1 is 0.300 bits per heavy atom. The van der Waals surface area contributed by atoms with Crippen molar-refractivity contribution in [1.82, 2.24) is 8.80 Å². The SMILES string of the molecule is [2H]c1c([2H])c([2H])c(N(c2ccccc2-c2ccccc2)c2ccc3c4cc5c(cc4n4c6ccccc6c2c34)c2ccc(N(c3ccccc3-c3ccccc3)c3c([2H])c([2H])c([2H])c([2H])c3[2H])c3c4ccccc4n5c23)c([2H])c1[2H]. The smallest absolute Gasteiger partial charge is 0.0645 e. The van der Waals surface area contributed by atoms with E-state index < -0.39 is 36.3 Å². The first-order valence-electron chi connectivity index (χ1n) is 28.3. The molecular formula is C66H42N4. The summed E-state index contributed by atoms with van der Waals surface area (Å²) in [6.45, 7) is 0. The van der Waals surface area contributed by atoms with Crippen LogP contribution in [0.4, 0.5) is 34.1 Å². The van der Waals surface area contributed by atoms with Gasteiger partial charge in [-0.05, 0) is 83.8 Å². The summed E-state index contributed by atoms with van der Waals surface area (Å²) >= 11 is 0. The van der Waals surface area contributed by atoms with E-state index in [9.17, 15) is 5.48 Å². The van der Waals surface area contributed by atoms with Gasteiger partial charge in [-0.25, -0.2) is 0 Å². The summed E-state index contributed by atoms with van der Waals surface area (Å²) in [5.74, 6) is 0. The van der Waals surface area contributed by atoms with Gasteiger partial charge in [0.05, 0.1) is 69.6 Å².